The van der Waals surface area contributed by atoms with E-state index in [1.165, 1.54) is 4.68 Å². The summed E-state index contributed by atoms with van der Waals surface area (Å²) >= 11 is 0. The average molecular weight is 271 g/mol. The Bertz CT molecular complexity index is 546. The van der Waals surface area contributed by atoms with Gasteiger partial charge >= 0.3 is 0 Å². The first-order valence-corrected chi connectivity index (χ1v) is 5.74. The maximum Gasteiger partial charge on any atom is 0.194 e. The summed E-state index contributed by atoms with van der Waals surface area (Å²) in [5, 5.41) is 10.9. The van der Waals surface area contributed by atoms with Crippen LogP contribution in [0.2, 0.25) is 0 Å². The van der Waals surface area contributed by atoms with E-state index in [2.05, 4.69) is 15.5 Å². The van der Waals surface area contributed by atoms with Crippen molar-refractivity contribution < 1.29 is 13.2 Å². The van der Waals surface area contributed by atoms with E-state index in [0.29, 0.717) is 13.1 Å². The Morgan fingerprint density at radius 3 is 2.42 bits per heavy atom. The zero-order valence-electron chi connectivity index (χ0n) is 9.98. The Hall–Kier alpha value is -1.96. The van der Waals surface area contributed by atoms with Gasteiger partial charge in [0.25, 0.3) is 0 Å². The van der Waals surface area contributed by atoms with Gasteiger partial charge in [-0.3, -0.25) is 0 Å². The quantitative estimate of drug-likeness (QED) is 0.661. The van der Waals surface area contributed by atoms with Gasteiger partial charge in [-0.25, -0.2) is 17.9 Å². The summed E-state index contributed by atoms with van der Waals surface area (Å²) < 4.78 is 40.6. The van der Waals surface area contributed by atoms with E-state index in [-0.39, 0.29) is 11.4 Å². The number of tetrazole rings is 1. The minimum Gasteiger partial charge on any atom is -0.330 e. The molecule has 2 N–H and O–H groups in total. The molecule has 0 saturated heterocycles. The number of nitrogens with zero attached hydrogens (tertiary/aromatic N) is 4. The summed E-state index contributed by atoms with van der Waals surface area (Å²) in [5.41, 5.74) is 5.46. The van der Waals surface area contributed by atoms with E-state index < -0.39 is 17.5 Å². The van der Waals surface area contributed by atoms with Crippen molar-refractivity contribution in [2.45, 2.75) is 19.4 Å². The average Bonchev–Trinajstić information content (AvgIpc) is 2.84. The van der Waals surface area contributed by atoms with Crippen molar-refractivity contribution in [3.8, 4) is 11.4 Å². The van der Waals surface area contributed by atoms with Gasteiger partial charge in [0.2, 0.25) is 0 Å². The molecule has 2 aromatic rings. The van der Waals surface area contributed by atoms with Gasteiger partial charge in [0, 0.05) is 12.1 Å². The molecule has 0 fully saturated rings. The Labute approximate surface area is 107 Å². The van der Waals surface area contributed by atoms with E-state index in [4.69, 9.17) is 5.73 Å². The number of aryl methyl sites for hydroxylation is 1. The lowest BCUT2D eigenvalue weighted by Crippen LogP contribution is -2.06. The third-order valence-corrected chi connectivity index (χ3v) is 2.60. The number of hydrogen-bond donors (Lipinski definition) is 1. The molecule has 2 rings (SSSR count). The van der Waals surface area contributed by atoms with Crippen molar-refractivity contribution in [3.05, 3.63) is 29.6 Å². The van der Waals surface area contributed by atoms with Crippen LogP contribution in [-0.4, -0.2) is 26.8 Å². The normalized spacial score (nSPS) is 10.9. The smallest absolute Gasteiger partial charge is 0.194 e. The molecule has 0 unspecified atom stereocenters. The predicted molar refractivity (Wildman–Crippen MR) is 61.4 cm³/mol. The summed E-state index contributed by atoms with van der Waals surface area (Å²) in [4.78, 5) is 0. The molecule has 0 atom stereocenters. The van der Waals surface area contributed by atoms with Crippen LogP contribution < -0.4 is 5.73 Å². The summed E-state index contributed by atoms with van der Waals surface area (Å²) in [6.07, 6.45) is 1.52. The molecule has 1 heterocycles. The molecule has 0 amide bonds. The van der Waals surface area contributed by atoms with Crippen molar-refractivity contribution in [2.75, 3.05) is 6.54 Å². The van der Waals surface area contributed by atoms with Gasteiger partial charge in [-0.2, -0.15) is 0 Å². The molecule has 1 aromatic heterocycles. The van der Waals surface area contributed by atoms with Crippen molar-refractivity contribution in [1.29, 1.82) is 0 Å². The van der Waals surface area contributed by atoms with Gasteiger partial charge in [0.15, 0.2) is 23.3 Å². The van der Waals surface area contributed by atoms with Crippen LogP contribution in [0.4, 0.5) is 13.2 Å². The van der Waals surface area contributed by atoms with E-state index in [9.17, 15) is 13.2 Å². The topological polar surface area (TPSA) is 69.6 Å². The van der Waals surface area contributed by atoms with Gasteiger partial charge < -0.3 is 5.73 Å². The van der Waals surface area contributed by atoms with E-state index in [1.54, 1.807) is 0 Å². The molecule has 0 bridgehead atoms. The third-order valence-electron chi connectivity index (χ3n) is 2.60. The van der Waals surface area contributed by atoms with Crippen molar-refractivity contribution in [1.82, 2.24) is 20.2 Å². The van der Waals surface area contributed by atoms with Gasteiger partial charge in [0.05, 0.1) is 0 Å². The second-order valence-corrected chi connectivity index (χ2v) is 3.98. The Kier molecular flexibility index (Phi) is 4.10. The Morgan fingerprint density at radius 2 is 1.79 bits per heavy atom. The first-order valence-electron chi connectivity index (χ1n) is 5.74. The lowest BCUT2D eigenvalue weighted by molar-refractivity contribution is 0.447. The molecule has 0 spiro atoms. The van der Waals surface area contributed by atoms with Crippen LogP contribution >= 0.6 is 0 Å². The van der Waals surface area contributed by atoms with Crippen LogP contribution in [0, 0.1) is 17.5 Å². The third kappa shape index (κ3) is 2.90. The van der Waals surface area contributed by atoms with Crippen LogP contribution in [-0.2, 0) is 6.54 Å². The molecule has 1 aromatic carbocycles. The van der Waals surface area contributed by atoms with Crippen molar-refractivity contribution in [3.63, 3.8) is 0 Å². The lowest BCUT2D eigenvalue weighted by Gasteiger charge is -2.05. The Morgan fingerprint density at radius 1 is 1.11 bits per heavy atom. The number of halogens is 3. The van der Waals surface area contributed by atoms with Crippen LogP contribution in [0.1, 0.15) is 12.8 Å². The summed E-state index contributed by atoms with van der Waals surface area (Å²) in [6, 6.07) is 1.73. The first-order chi connectivity index (χ1) is 9.13. The molecule has 0 aliphatic heterocycles. The zero-order chi connectivity index (χ0) is 13.8. The fourth-order valence-electron chi connectivity index (χ4n) is 1.65. The fourth-order valence-corrected chi connectivity index (χ4v) is 1.65. The standard InChI is InChI=1S/C11H12F3N5/c12-8-5-7(6-9(13)10(8)14)11-16-17-18-19(11)4-2-1-3-15/h5-6H,1-4,15H2. The highest BCUT2D eigenvalue weighted by molar-refractivity contribution is 5.54. The molecule has 8 heteroatoms. The van der Waals surface area contributed by atoms with Gasteiger partial charge in [-0.1, -0.05) is 0 Å². The highest BCUT2D eigenvalue weighted by Gasteiger charge is 2.15. The minimum atomic E-state index is -1.51. The minimum absolute atomic E-state index is 0.0918. The Balaban J connectivity index is 2.29. The van der Waals surface area contributed by atoms with E-state index in [0.717, 1.165) is 25.0 Å². The zero-order valence-corrected chi connectivity index (χ0v) is 9.98. The SMILES string of the molecule is NCCCCn1nnnc1-c1cc(F)c(F)c(F)c1. The van der Waals surface area contributed by atoms with Gasteiger partial charge in [-0.15, -0.1) is 5.10 Å². The molecule has 5 nitrogen and oxygen atoms in total. The maximum absolute atomic E-state index is 13.2. The molecule has 0 aliphatic rings. The van der Waals surface area contributed by atoms with Crippen LogP contribution in [0.25, 0.3) is 11.4 Å². The van der Waals surface area contributed by atoms with E-state index in [1.807, 2.05) is 0 Å². The number of benzene rings is 1. The van der Waals surface area contributed by atoms with Gasteiger partial charge in [0.1, 0.15) is 0 Å². The van der Waals surface area contributed by atoms with Crippen LogP contribution in [0.3, 0.4) is 0 Å². The van der Waals surface area contributed by atoms with Crippen molar-refractivity contribution >= 4 is 0 Å². The fraction of sp³-hybridized carbons (Fsp3) is 0.364. The van der Waals surface area contributed by atoms with Crippen LogP contribution in [0.5, 0.6) is 0 Å². The predicted octanol–water partition coefficient (Wildman–Crippen LogP) is 1.50. The maximum atomic E-state index is 13.2. The number of nitrogens with two attached hydrogens (primary N) is 1. The number of rotatable bonds is 5. The van der Waals surface area contributed by atoms with E-state index >= 15 is 0 Å². The molecule has 0 aliphatic carbocycles. The molecular formula is C11H12F3N5. The second kappa shape index (κ2) is 5.79. The molecule has 0 radical (unpaired) electrons. The molecule has 0 saturated carbocycles. The molecule has 19 heavy (non-hydrogen) atoms. The van der Waals surface area contributed by atoms with Crippen molar-refractivity contribution in [2.24, 2.45) is 5.73 Å². The first kappa shape index (κ1) is 13.5. The molecule has 102 valence electrons. The van der Waals surface area contributed by atoms with Gasteiger partial charge in [-0.05, 0) is 41.9 Å². The number of aromatic nitrogens is 4. The summed E-state index contributed by atoms with van der Waals surface area (Å²) in [5.74, 6) is -3.86. The monoisotopic (exact) mass is 271 g/mol. The summed E-state index contributed by atoms with van der Waals surface area (Å²) in [6.45, 7) is 1.01. The highest BCUT2D eigenvalue weighted by atomic mass is 19.2. The molecular weight excluding hydrogens is 259 g/mol. The highest BCUT2D eigenvalue weighted by Crippen LogP contribution is 2.21. The lowest BCUT2D eigenvalue weighted by atomic mass is 10.2. The second-order valence-electron chi connectivity index (χ2n) is 3.98. The van der Waals surface area contributed by atoms with Crippen LogP contribution in [0.15, 0.2) is 12.1 Å². The number of unbranched alkanes of at least 4 members (excludes halogenated alkanes) is 1. The summed E-state index contributed by atoms with van der Waals surface area (Å²) in [7, 11) is 0. The largest absolute Gasteiger partial charge is 0.330 e. The number of hydrogen-bond acceptors (Lipinski definition) is 4.